The van der Waals surface area contributed by atoms with Crippen molar-refractivity contribution >= 4 is 6.29 Å². The summed E-state index contributed by atoms with van der Waals surface area (Å²) in [6.45, 7) is 2.19. The van der Waals surface area contributed by atoms with E-state index in [1.165, 1.54) is 32.1 Å². The zero-order valence-electron chi connectivity index (χ0n) is 14.3. The van der Waals surface area contributed by atoms with Crippen LogP contribution < -0.4 is 0 Å². The summed E-state index contributed by atoms with van der Waals surface area (Å²) in [6.07, 6.45) is 10.6. The summed E-state index contributed by atoms with van der Waals surface area (Å²) in [5.74, 6) is 5.85. The number of nitrogens with zero attached hydrogens (tertiary/aromatic N) is 1. The van der Waals surface area contributed by atoms with Gasteiger partial charge in [0.2, 0.25) is 6.04 Å². The van der Waals surface area contributed by atoms with E-state index >= 15 is 0 Å². The Morgan fingerprint density at radius 2 is 1.65 bits per heavy atom. The Hall–Kier alpha value is -1.41. The summed E-state index contributed by atoms with van der Waals surface area (Å²) in [6, 6.07) is -0.995. The van der Waals surface area contributed by atoms with Crippen molar-refractivity contribution in [2.75, 3.05) is 0 Å². The Morgan fingerprint density at radius 1 is 1.00 bits per heavy atom. The molecule has 0 rings (SSSR count). The van der Waals surface area contributed by atoms with Crippen LogP contribution in [-0.4, -0.2) is 28.5 Å². The van der Waals surface area contributed by atoms with Crippen LogP contribution in [0.4, 0.5) is 0 Å². The van der Waals surface area contributed by atoms with Gasteiger partial charge >= 0.3 is 0 Å². The second-order valence-electron chi connectivity index (χ2n) is 5.89. The highest BCUT2D eigenvalue weighted by molar-refractivity contribution is 5.50. The smallest absolute Gasteiger partial charge is 0.239 e. The van der Waals surface area contributed by atoms with Gasteiger partial charge in [-0.2, -0.15) is 0 Å². The van der Waals surface area contributed by atoms with Crippen LogP contribution in [0.2, 0.25) is 0 Å². The summed E-state index contributed by atoms with van der Waals surface area (Å²) in [7, 11) is 0. The molecule has 0 aliphatic heterocycles. The molecule has 0 spiro atoms. The number of nitro groups is 1. The zero-order chi connectivity index (χ0) is 17.3. The fraction of sp³-hybridized carbons (Fsp3) is 0.833. The first-order valence-electron chi connectivity index (χ1n) is 8.75. The lowest BCUT2D eigenvalue weighted by molar-refractivity contribution is -0.535. The highest BCUT2D eigenvalue weighted by Crippen LogP contribution is 2.12. The monoisotopic (exact) mass is 324 g/mol. The predicted molar refractivity (Wildman–Crippen MR) is 91.3 cm³/mol. The summed E-state index contributed by atoms with van der Waals surface area (Å²) >= 11 is 0. The van der Waals surface area contributed by atoms with E-state index in [4.69, 9.17) is 0 Å². The number of aliphatic hydroxyl groups is 1. The molecule has 23 heavy (non-hydrogen) atoms. The molecular formula is C18H30NO4. The zero-order valence-corrected chi connectivity index (χ0v) is 14.3. The van der Waals surface area contributed by atoms with Gasteiger partial charge in [0.15, 0.2) is 6.29 Å². The van der Waals surface area contributed by atoms with Gasteiger partial charge < -0.3 is 5.11 Å². The van der Waals surface area contributed by atoms with Gasteiger partial charge in [-0.25, -0.2) is 0 Å². The third-order valence-electron chi connectivity index (χ3n) is 3.84. The van der Waals surface area contributed by atoms with Crippen LogP contribution in [0.15, 0.2) is 0 Å². The fourth-order valence-electron chi connectivity index (χ4n) is 2.38. The van der Waals surface area contributed by atoms with Crippen LogP contribution in [0.3, 0.4) is 0 Å². The molecule has 0 saturated carbocycles. The minimum absolute atomic E-state index is 0.140. The number of carbonyl (C=O) groups excluding carboxylic acids is 1. The van der Waals surface area contributed by atoms with Gasteiger partial charge in [-0.15, -0.1) is 11.8 Å². The Labute approximate surface area is 140 Å². The SMILES string of the molecule is CCCCCCCCC#CCC(O)C(CCCC[C]=O)[N+](=O)[O-]. The molecule has 5 nitrogen and oxygen atoms in total. The quantitative estimate of drug-likeness (QED) is 0.228. The van der Waals surface area contributed by atoms with E-state index in [9.17, 15) is 20.0 Å². The van der Waals surface area contributed by atoms with Crippen LogP contribution in [0.25, 0.3) is 0 Å². The second kappa shape index (κ2) is 15.5. The van der Waals surface area contributed by atoms with Gasteiger partial charge in [0.1, 0.15) is 6.10 Å². The standard InChI is InChI=1S/C18H30NO4/c1-2-3-4-5-6-7-8-9-12-15-18(21)17(19(22)23)14-11-10-13-16-20/h17-18,21H,2-8,10-11,13-15H2,1H3. The molecule has 131 valence electrons. The third kappa shape index (κ3) is 12.8. The van der Waals surface area contributed by atoms with Gasteiger partial charge in [0.05, 0.1) is 0 Å². The molecule has 2 atom stereocenters. The van der Waals surface area contributed by atoms with Crippen LogP contribution >= 0.6 is 0 Å². The molecule has 1 N–H and O–H groups in total. The summed E-state index contributed by atoms with van der Waals surface area (Å²) in [4.78, 5) is 20.6. The molecule has 0 heterocycles. The van der Waals surface area contributed by atoms with Crippen molar-refractivity contribution in [2.45, 2.75) is 96.1 Å². The molecule has 0 amide bonds. The van der Waals surface area contributed by atoms with Crippen molar-refractivity contribution in [3.8, 4) is 11.8 Å². The first-order valence-corrected chi connectivity index (χ1v) is 8.75. The topological polar surface area (TPSA) is 80.4 Å². The number of unbranched alkanes of at least 4 members (excludes halogenated alkanes) is 8. The minimum Gasteiger partial charge on any atom is -0.385 e. The molecule has 0 aromatic rings. The van der Waals surface area contributed by atoms with Crippen molar-refractivity contribution < 1.29 is 14.8 Å². The highest BCUT2D eigenvalue weighted by atomic mass is 16.6. The molecule has 0 aliphatic carbocycles. The van der Waals surface area contributed by atoms with E-state index in [1.54, 1.807) is 6.29 Å². The van der Waals surface area contributed by atoms with E-state index in [0.717, 1.165) is 12.8 Å². The third-order valence-corrected chi connectivity index (χ3v) is 3.84. The molecular weight excluding hydrogens is 294 g/mol. The molecule has 0 aromatic carbocycles. The molecule has 0 aromatic heterocycles. The number of hydrogen-bond acceptors (Lipinski definition) is 4. The van der Waals surface area contributed by atoms with Crippen LogP contribution in [0.1, 0.15) is 84.0 Å². The predicted octanol–water partition coefficient (Wildman–Crippen LogP) is 3.81. The summed E-state index contributed by atoms with van der Waals surface area (Å²) < 4.78 is 0. The van der Waals surface area contributed by atoms with Gasteiger partial charge in [0, 0.05) is 30.6 Å². The second-order valence-corrected chi connectivity index (χ2v) is 5.89. The van der Waals surface area contributed by atoms with E-state index < -0.39 is 17.1 Å². The molecule has 2 unspecified atom stereocenters. The largest absolute Gasteiger partial charge is 0.385 e. The number of hydrogen-bond donors (Lipinski definition) is 1. The van der Waals surface area contributed by atoms with Crippen molar-refractivity contribution in [2.24, 2.45) is 0 Å². The first-order chi connectivity index (χ1) is 11.1. The Morgan fingerprint density at radius 3 is 2.30 bits per heavy atom. The van der Waals surface area contributed by atoms with Gasteiger partial charge in [0.25, 0.3) is 0 Å². The Bertz CT molecular complexity index is 373. The highest BCUT2D eigenvalue weighted by Gasteiger charge is 2.28. The maximum Gasteiger partial charge on any atom is 0.239 e. The van der Waals surface area contributed by atoms with Crippen molar-refractivity contribution in [3.05, 3.63) is 10.1 Å². The molecule has 5 heteroatoms. The van der Waals surface area contributed by atoms with Crippen LogP contribution in [-0.2, 0) is 4.79 Å². The van der Waals surface area contributed by atoms with Crippen molar-refractivity contribution in [1.82, 2.24) is 0 Å². The Balaban J connectivity index is 3.90. The molecule has 0 aliphatic rings. The van der Waals surface area contributed by atoms with Crippen molar-refractivity contribution in [3.63, 3.8) is 0 Å². The average molecular weight is 324 g/mol. The summed E-state index contributed by atoms with van der Waals surface area (Å²) in [5, 5.41) is 20.9. The first kappa shape index (κ1) is 21.6. The number of aliphatic hydroxyl groups excluding tert-OH is 1. The molecule has 0 saturated heterocycles. The number of rotatable bonds is 14. The minimum atomic E-state index is -1.04. The molecule has 1 radical (unpaired) electrons. The van der Waals surface area contributed by atoms with Crippen LogP contribution in [0, 0.1) is 22.0 Å². The lowest BCUT2D eigenvalue weighted by Gasteiger charge is -2.13. The van der Waals surface area contributed by atoms with E-state index in [1.807, 2.05) is 0 Å². The lowest BCUT2D eigenvalue weighted by Crippen LogP contribution is -2.33. The maximum atomic E-state index is 11.0. The maximum absolute atomic E-state index is 11.0. The van der Waals surface area contributed by atoms with Crippen molar-refractivity contribution in [1.29, 1.82) is 0 Å². The van der Waals surface area contributed by atoms with E-state index in [0.29, 0.717) is 19.3 Å². The fourth-order valence-corrected chi connectivity index (χ4v) is 2.38. The van der Waals surface area contributed by atoms with Gasteiger partial charge in [-0.05, 0) is 19.3 Å². The normalized spacial score (nSPS) is 13.0. The van der Waals surface area contributed by atoms with E-state index in [-0.39, 0.29) is 12.8 Å². The van der Waals surface area contributed by atoms with Crippen LogP contribution in [0.5, 0.6) is 0 Å². The van der Waals surface area contributed by atoms with Gasteiger partial charge in [-0.1, -0.05) is 39.0 Å². The lowest BCUT2D eigenvalue weighted by atomic mass is 10.0. The Kier molecular flexibility index (Phi) is 14.5. The molecule has 0 bridgehead atoms. The average Bonchev–Trinajstić information content (AvgIpc) is 2.52. The van der Waals surface area contributed by atoms with E-state index in [2.05, 4.69) is 18.8 Å². The summed E-state index contributed by atoms with van der Waals surface area (Å²) in [5.41, 5.74) is 0. The van der Waals surface area contributed by atoms with Gasteiger partial charge in [-0.3, -0.25) is 14.9 Å². The molecule has 0 fully saturated rings.